The van der Waals surface area contributed by atoms with Gasteiger partial charge in [0.25, 0.3) is 0 Å². The number of rotatable bonds is 6. The van der Waals surface area contributed by atoms with Crippen LogP contribution >= 0.6 is 0 Å². The van der Waals surface area contributed by atoms with Crippen LogP contribution in [0, 0.1) is 0 Å². The van der Waals surface area contributed by atoms with Gasteiger partial charge in [0, 0.05) is 45.7 Å². The highest BCUT2D eigenvalue weighted by atomic mass is 16.7. The fraction of sp³-hybridized carbons (Fsp3) is 0.714. The summed E-state index contributed by atoms with van der Waals surface area (Å²) in [6.45, 7) is 1.09. The molecule has 3 nitrogen and oxygen atoms in total. The zero-order chi connectivity index (χ0) is 16.8. The van der Waals surface area contributed by atoms with Crippen LogP contribution in [0.1, 0.15) is 63.4 Å². The van der Waals surface area contributed by atoms with Gasteiger partial charge in [-0.15, -0.1) is 0 Å². The van der Waals surface area contributed by atoms with Gasteiger partial charge < -0.3 is 9.47 Å². The first kappa shape index (κ1) is 17.9. The van der Waals surface area contributed by atoms with E-state index in [4.69, 9.17) is 9.47 Å². The van der Waals surface area contributed by atoms with E-state index in [0.29, 0.717) is 6.04 Å². The highest BCUT2D eigenvalue weighted by Gasteiger charge is 2.38. The van der Waals surface area contributed by atoms with Crippen molar-refractivity contribution < 1.29 is 9.47 Å². The summed E-state index contributed by atoms with van der Waals surface area (Å²) in [6, 6.07) is 12.4. The summed E-state index contributed by atoms with van der Waals surface area (Å²) in [5.74, 6) is -0.346. The Hall–Kier alpha value is -0.900. The van der Waals surface area contributed by atoms with Gasteiger partial charge in [-0.3, -0.25) is 4.90 Å². The molecule has 3 rings (SSSR count). The van der Waals surface area contributed by atoms with Crippen molar-refractivity contribution in [2.45, 2.75) is 82.2 Å². The van der Waals surface area contributed by atoms with Gasteiger partial charge >= 0.3 is 0 Å². The van der Waals surface area contributed by atoms with Crippen molar-refractivity contribution >= 4 is 0 Å². The molecule has 1 aromatic rings. The highest BCUT2D eigenvalue weighted by molar-refractivity contribution is 5.15. The fourth-order valence-electron chi connectivity index (χ4n) is 4.63. The second-order valence-electron chi connectivity index (χ2n) is 7.50. The maximum atomic E-state index is 5.68. The van der Waals surface area contributed by atoms with Gasteiger partial charge in [-0.2, -0.15) is 0 Å². The molecule has 2 saturated carbocycles. The maximum Gasteiger partial charge on any atom is 0.167 e. The van der Waals surface area contributed by atoms with Crippen LogP contribution in [-0.4, -0.2) is 37.0 Å². The number of benzene rings is 1. The summed E-state index contributed by atoms with van der Waals surface area (Å²) in [4.78, 5) is 2.81. The molecule has 0 aromatic heterocycles. The van der Waals surface area contributed by atoms with Crippen molar-refractivity contribution in [2.75, 3.05) is 14.2 Å². The molecule has 0 heterocycles. The molecule has 134 valence electrons. The Bertz CT molecular complexity index is 470. The molecule has 0 amide bonds. The second-order valence-corrected chi connectivity index (χ2v) is 7.50. The molecule has 2 fully saturated rings. The standard InChI is InChI=1S/C21H33NO2/c1-23-21(24-2)15-13-20(14-16-21)22(19-11-7-4-8-12-19)17-18-9-5-3-6-10-18/h3,5-6,9-10,19-20H,4,7-8,11-17H2,1-2H3. The first-order valence-corrected chi connectivity index (χ1v) is 9.66. The molecule has 0 saturated heterocycles. The van der Waals surface area contributed by atoms with Crippen LogP contribution in [0.3, 0.4) is 0 Å². The van der Waals surface area contributed by atoms with Gasteiger partial charge in [-0.1, -0.05) is 49.6 Å². The van der Waals surface area contributed by atoms with E-state index in [-0.39, 0.29) is 5.79 Å². The van der Waals surface area contributed by atoms with Gasteiger partial charge in [-0.05, 0) is 31.2 Å². The lowest BCUT2D eigenvalue weighted by Crippen LogP contribution is -2.49. The smallest absolute Gasteiger partial charge is 0.167 e. The molecule has 1 aromatic carbocycles. The number of ether oxygens (including phenoxy) is 2. The Morgan fingerprint density at radius 1 is 0.875 bits per heavy atom. The summed E-state index contributed by atoms with van der Waals surface area (Å²) in [6.07, 6.45) is 11.3. The number of hydrogen-bond acceptors (Lipinski definition) is 3. The van der Waals surface area contributed by atoms with Crippen LogP contribution in [0.4, 0.5) is 0 Å². The van der Waals surface area contributed by atoms with E-state index in [0.717, 1.165) is 25.4 Å². The Balaban J connectivity index is 1.70. The predicted molar refractivity (Wildman–Crippen MR) is 97.9 cm³/mol. The predicted octanol–water partition coefficient (Wildman–Crippen LogP) is 4.75. The Kier molecular flexibility index (Phi) is 6.31. The van der Waals surface area contributed by atoms with E-state index in [1.54, 1.807) is 14.2 Å². The van der Waals surface area contributed by atoms with Crippen molar-refractivity contribution in [2.24, 2.45) is 0 Å². The zero-order valence-electron chi connectivity index (χ0n) is 15.4. The van der Waals surface area contributed by atoms with Gasteiger partial charge in [-0.25, -0.2) is 0 Å². The third kappa shape index (κ3) is 4.19. The van der Waals surface area contributed by atoms with Gasteiger partial charge in [0.05, 0.1) is 0 Å². The molecular weight excluding hydrogens is 298 g/mol. The minimum Gasteiger partial charge on any atom is -0.353 e. The molecular formula is C21H33NO2. The lowest BCUT2D eigenvalue weighted by molar-refractivity contribution is -0.229. The van der Waals surface area contributed by atoms with Crippen molar-refractivity contribution in [3.05, 3.63) is 35.9 Å². The molecule has 2 aliphatic rings. The number of methoxy groups -OCH3 is 2. The van der Waals surface area contributed by atoms with Crippen LogP contribution in [0.15, 0.2) is 30.3 Å². The van der Waals surface area contributed by atoms with E-state index in [1.807, 2.05) is 0 Å². The third-order valence-electron chi connectivity index (χ3n) is 6.18. The summed E-state index contributed by atoms with van der Waals surface area (Å²) in [5.41, 5.74) is 1.44. The largest absolute Gasteiger partial charge is 0.353 e. The fourth-order valence-corrected chi connectivity index (χ4v) is 4.63. The average molecular weight is 332 g/mol. The first-order chi connectivity index (χ1) is 11.8. The molecule has 0 bridgehead atoms. The Labute approximate surface area is 147 Å². The van der Waals surface area contributed by atoms with Crippen molar-refractivity contribution in [1.29, 1.82) is 0 Å². The highest BCUT2D eigenvalue weighted by Crippen LogP contribution is 2.37. The van der Waals surface area contributed by atoms with Crippen molar-refractivity contribution in [1.82, 2.24) is 4.90 Å². The summed E-state index contributed by atoms with van der Waals surface area (Å²) < 4.78 is 11.4. The van der Waals surface area contributed by atoms with Crippen molar-refractivity contribution in [3.63, 3.8) is 0 Å². The molecule has 0 unspecified atom stereocenters. The normalized spacial score (nSPS) is 22.8. The Morgan fingerprint density at radius 2 is 1.46 bits per heavy atom. The van der Waals surface area contributed by atoms with E-state index < -0.39 is 0 Å². The molecule has 0 aliphatic heterocycles. The topological polar surface area (TPSA) is 21.7 Å². The van der Waals surface area contributed by atoms with Crippen molar-refractivity contribution in [3.8, 4) is 0 Å². The van der Waals surface area contributed by atoms with Gasteiger partial charge in [0.2, 0.25) is 0 Å². The van der Waals surface area contributed by atoms with Crippen LogP contribution in [0.2, 0.25) is 0 Å². The van der Waals surface area contributed by atoms with E-state index in [9.17, 15) is 0 Å². The lowest BCUT2D eigenvalue weighted by atomic mass is 9.85. The van der Waals surface area contributed by atoms with Crippen LogP contribution in [0.25, 0.3) is 0 Å². The number of nitrogens with zero attached hydrogens (tertiary/aromatic N) is 1. The minimum absolute atomic E-state index is 0.346. The van der Waals surface area contributed by atoms with E-state index in [1.165, 1.54) is 50.5 Å². The molecule has 24 heavy (non-hydrogen) atoms. The van der Waals surface area contributed by atoms with Crippen LogP contribution < -0.4 is 0 Å². The molecule has 2 aliphatic carbocycles. The van der Waals surface area contributed by atoms with E-state index in [2.05, 4.69) is 35.2 Å². The SMILES string of the molecule is COC1(OC)CCC(N(Cc2ccccc2)C2CCCCC2)CC1. The van der Waals surface area contributed by atoms with Crippen LogP contribution in [-0.2, 0) is 16.0 Å². The van der Waals surface area contributed by atoms with Gasteiger partial charge in [0.1, 0.15) is 0 Å². The lowest BCUT2D eigenvalue weighted by Gasteiger charge is -2.45. The zero-order valence-corrected chi connectivity index (χ0v) is 15.4. The molecule has 0 spiro atoms. The minimum atomic E-state index is -0.346. The molecule has 0 radical (unpaired) electrons. The summed E-state index contributed by atoms with van der Waals surface area (Å²) in [5, 5.41) is 0. The third-order valence-corrected chi connectivity index (χ3v) is 6.18. The molecule has 0 N–H and O–H groups in total. The summed E-state index contributed by atoms with van der Waals surface area (Å²) in [7, 11) is 3.57. The van der Waals surface area contributed by atoms with Crippen LogP contribution in [0.5, 0.6) is 0 Å². The monoisotopic (exact) mass is 331 g/mol. The van der Waals surface area contributed by atoms with E-state index >= 15 is 0 Å². The average Bonchev–Trinajstić information content (AvgIpc) is 2.68. The number of hydrogen-bond donors (Lipinski definition) is 0. The molecule has 3 heteroatoms. The first-order valence-electron chi connectivity index (χ1n) is 9.66. The van der Waals surface area contributed by atoms with Gasteiger partial charge in [0.15, 0.2) is 5.79 Å². The Morgan fingerprint density at radius 3 is 2.04 bits per heavy atom. The summed E-state index contributed by atoms with van der Waals surface area (Å²) >= 11 is 0. The maximum absolute atomic E-state index is 5.68. The quantitative estimate of drug-likeness (QED) is 0.702. The second kappa shape index (κ2) is 8.46. The molecule has 0 atom stereocenters.